The maximum absolute atomic E-state index is 12.8. The van der Waals surface area contributed by atoms with Crippen LogP contribution in [0.4, 0.5) is 4.39 Å². The molecular formula is C16H17BrFNO. The molecular weight excluding hydrogens is 321 g/mol. The van der Waals surface area contributed by atoms with Crippen molar-refractivity contribution in [2.45, 2.75) is 26.4 Å². The molecule has 0 aliphatic rings. The van der Waals surface area contributed by atoms with Crippen molar-refractivity contribution in [3.8, 4) is 11.5 Å². The molecule has 0 aliphatic carbocycles. The van der Waals surface area contributed by atoms with E-state index in [2.05, 4.69) is 35.1 Å². The summed E-state index contributed by atoms with van der Waals surface area (Å²) in [6, 6.07) is 12.4. The predicted molar refractivity (Wildman–Crippen MR) is 82.6 cm³/mol. The number of nitrogens with one attached hydrogen (secondary N) is 1. The van der Waals surface area contributed by atoms with E-state index in [-0.39, 0.29) is 5.82 Å². The first kappa shape index (κ1) is 15.0. The molecule has 106 valence electrons. The molecule has 0 saturated carbocycles. The molecule has 0 bridgehead atoms. The van der Waals surface area contributed by atoms with Crippen molar-refractivity contribution >= 4 is 15.9 Å². The van der Waals surface area contributed by atoms with Gasteiger partial charge in [-0.25, -0.2) is 4.39 Å². The second-order valence-electron chi connectivity index (χ2n) is 4.86. The third-order valence-electron chi connectivity index (χ3n) is 2.75. The van der Waals surface area contributed by atoms with Gasteiger partial charge in [0, 0.05) is 12.6 Å². The van der Waals surface area contributed by atoms with E-state index in [1.54, 1.807) is 12.1 Å². The molecule has 4 heteroatoms. The van der Waals surface area contributed by atoms with Crippen molar-refractivity contribution < 1.29 is 9.13 Å². The van der Waals surface area contributed by atoms with Crippen LogP contribution in [0.3, 0.4) is 0 Å². The molecule has 0 spiro atoms. The van der Waals surface area contributed by atoms with Crippen LogP contribution in [0.5, 0.6) is 11.5 Å². The highest BCUT2D eigenvalue weighted by atomic mass is 79.9. The number of hydrogen-bond acceptors (Lipinski definition) is 2. The summed E-state index contributed by atoms with van der Waals surface area (Å²) in [5, 5.41) is 3.36. The molecule has 0 aromatic heterocycles. The van der Waals surface area contributed by atoms with E-state index in [9.17, 15) is 4.39 Å². The van der Waals surface area contributed by atoms with Crippen molar-refractivity contribution in [2.24, 2.45) is 0 Å². The number of benzene rings is 2. The molecule has 0 amide bonds. The SMILES string of the molecule is CC(C)NCc1ccc(Oc2ccc(F)cc2)c(Br)c1. The van der Waals surface area contributed by atoms with Gasteiger partial charge >= 0.3 is 0 Å². The molecule has 0 fully saturated rings. The summed E-state index contributed by atoms with van der Waals surface area (Å²) in [4.78, 5) is 0. The third-order valence-corrected chi connectivity index (χ3v) is 3.37. The van der Waals surface area contributed by atoms with Crippen molar-refractivity contribution in [2.75, 3.05) is 0 Å². The standard InChI is InChI=1S/C16H17BrFNO/c1-11(2)19-10-12-3-8-16(15(17)9-12)20-14-6-4-13(18)5-7-14/h3-9,11,19H,10H2,1-2H3. The van der Waals surface area contributed by atoms with Crippen LogP contribution in [0.2, 0.25) is 0 Å². The van der Waals surface area contributed by atoms with Crippen LogP contribution in [-0.2, 0) is 6.54 Å². The first-order valence-electron chi connectivity index (χ1n) is 6.50. The Morgan fingerprint density at radius 2 is 1.85 bits per heavy atom. The Bertz CT molecular complexity index is 569. The smallest absolute Gasteiger partial charge is 0.141 e. The molecule has 0 aliphatic heterocycles. The van der Waals surface area contributed by atoms with Gasteiger partial charge in [0.2, 0.25) is 0 Å². The Balaban J connectivity index is 2.07. The topological polar surface area (TPSA) is 21.3 Å². The van der Waals surface area contributed by atoms with Crippen LogP contribution in [-0.4, -0.2) is 6.04 Å². The van der Waals surface area contributed by atoms with E-state index in [1.807, 2.05) is 18.2 Å². The van der Waals surface area contributed by atoms with Crippen molar-refractivity contribution in [1.82, 2.24) is 5.32 Å². The van der Waals surface area contributed by atoms with E-state index in [4.69, 9.17) is 4.74 Å². The minimum atomic E-state index is -0.272. The molecule has 0 atom stereocenters. The predicted octanol–water partition coefficient (Wildman–Crippen LogP) is 4.88. The summed E-state index contributed by atoms with van der Waals surface area (Å²) in [6.07, 6.45) is 0. The van der Waals surface area contributed by atoms with E-state index >= 15 is 0 Å². The molecule has 0 saturated heterocycles. The maximum Gasteiger partial charge on any atom is 0.141 e. The average Bonchev–Trinajstić information content (AvgIpc) is 2.41. The van der Waals surface area contributed by atoms with Crippen molar-refractivity contribution in [3.63, 3.8) is 0 Å². The van der Waals surface area contributed by atoms with Gasteiger partial charge in [0.15, 0.2) is 0 Å². The summed E-state index contributed by atoms with van der Waals surface area (Å²) in [5.41, 5.74) is 1.18. The van der Waals surface area contributed by atoms with E-state index < -0.39 is 0 Å². The Labute approximate surface area is 127 Å². The van der Waals surface area contributed by atoms with Gasteiger partial charge in [0.25, 0.3) is 0 Å². The zero-order valence-electron chi connectivity index (χ0n) is 11.5. The monoisotopic (exact) mass is 337 g/mol. The molecule has 0 unspecified atom stereocenters. The van der Waals surface area contributed by atoms with Gasteiger partial charge in [-0.05, 0) is 57.9 Å². The summed E-state index contributed by atoms with van der Waals surface area (Å²) in [5.74, 6) is 1.05. The molecule has 20 heavy (non-hydrogen) atoms. The second kappa shape index (κ2) is 6.86. The number of hydrogen-bond donors (Lipinski definition) is 1. The lowest BCUT2D eigenvalue weighted by atomic mass is 10.2. The maximum atomic E-state index is 12.8. The van der Waals surface area contributed by atoms with Gasteiger partial charge in [-0.15, -0.1) is 0 Å². The highest BCUT2D eigenvalue weighted by molar-refractivity contribution is 9.10. The summed E-state index contributed by atoms with van der Waals surface area (Å²) in [6.45, 7) is 5.04. The van der Waals surface area contributed by atoms with Crippen LogP contribution in [0, 0.1) is 5.82 Å². The normalized spacial score (nSPS) is 10.8. The minimum absolute atomic E-state index is 0.272. The number of rotatable bonds is 5. The van der Waals surface area contributed by atoms with Crippen molar-refractivity contribution in [3.05, 3.63) is 58.3 Å². The molecule has 2 nitrogen and oxygen atoms in total. The molecule has 1 N–H and O–H groups in total. The van der Waals surface area contributed by atoms with Gasteiger partial charge < -0.3 is 10.1 Å². The lowest BCUT2D eigenvalue weighted by Gasteiger charge is -2.11. The zero-order valence-corrected chi connectivity index (χ0v) is 13.1. The highest BCUT2D eigenvalue weighted by Crippen LogP contribution is 2.30. The van der Waals surface area contributed by atoms with E-state index in [1.165, 1.54) is 17.7 Å². The Morgan fingerprint density at radius 3 is 2.45 bits per heavy atom. The summed E-state index contributed by atoms with van der Waals surface area (Å²) in [7, 11) is 0. The third kappa shape index (κ3) is 4.32. The highest BCUT2D eigenvalue weighted by Gasteiger charge is 2.05. The van der Waals surface area contributed by atoms with Gasteiger partial charge in [-0.3, -0.25) is 0 Å². The summed E-state index contributed by atoms with van der Waals surface area (Å²) >= 11 is 3.50. The number of ether oxygens (including phenoxy) is 1. The van der Waals surface area contributed by atoms with Gasteiger partial charge in [0.1, 0.15) is 17.3 Å². The first-order chi connectivity index (χ1) is 9.54. The van der Waals surface area contributed by atoms with E-state index in [0.717, 1.165) is 11.0 Å². The molecule has 0 heterocycles. The Hall–Kier alpha value is -1.39. The van der Waals surface area contributed by atoms with Crippen molar-refractivity contribution in [1.29, 1.82) is 0 Å². The van der Waals surface area contributed by atoms with Crippen LogP contribution < -0.4 is 10.1 Å². The molecule has 2 aromatic rings. The number of halogens is 2. The van der Waals surface area contributed by atoms with Crippen LogP contribution in [0.25, 0.3) is 0 Å². The lowest BCUT2D eigenvalue weighted by Crippen LogP contribution is -2.21. The lowest BCUT2D eigenvalue weighted by molar-refractivity contribution is 0.477. The first-order valence-corrected chi connectivity index (χ1v) is 7.29. The zero-order chi connectivity index (χ0) is 14.5. The van der Waals surface area contributed by atoms with Crippen LogP contribution in [0.1, 0.15) is 19.4 Å². The largest absolute Gasteiger partial charge is 0.456 e. The van der Waals surface area contributed by atoms with Gasteiger partial charge in [-0.1, -0.05) is 19.9 Å². The van der Waals surface area contributed by atoms with Gasteiger partial charge in [0.05, 0.1) is 4.47 Å². The Morgan fingerprint density at radius 1 is 1.15 bits per heavy atom. The van der Waals surface area contributed by atoms with E-state index in [0.29, 0.717) is 17.5 Å². The summed E-state index contributed by atoms with van der Waals surface area (Å²) < 4.78 is 19.4. The fourth-order valence-electron chi connectivity index (χ4n) is 1.69. The molecule has 0 radical (unpaired) electrons. The average molecular weight is 338 g/mol. The minimum Gasteiger partial charge on any atom is -0.456 e. The molecule has 2 rings (SSSR count). The fraction of sp³-hybridized carbons (Fsp3) is 0.250. The quantitative estimate of drug-likeness (QED) is 0.839. The Kier molecular flexibility index (Phi) is 5.15. The van der Waals surface area contributed by atoms with Crippen LogP contribution in [0.15, 0.2) is 46.9 Å². The molecule has 2 aromatic carbocycles. The van der Waals surface area contributed by atoms with Gasteiger partial charge in [-0.2, -0.15) is 0 Å². The second-order valence-corrected chi connectivity index (χ2v) is 5.71. The van der Waals surface area contributed by atoms with Crippen LogP contribution >= 0.6 is 15.9 Å². The fourth-order valence-corrected chi connectivity index (χ4v) is 2.20.